The maximum atomic E-state index is 12.5. The zero-order valence-corrected chi connectivity index (χ0v) is 16.4. The molecule has 0 unspecified atom stereocenters. The van der Waals surface area contributed by atoms with E-state index in [1.807, 2.05) is 0 Å². The summed E-state index contributed by atoms with van der Waals surface area (Å²) in [4.78, 5) is 12.5. The summed E-state index contributed by atoms with van der Waals surface area (Å²) >= 11 is 6.04. The van der Waals surface area contributed by atoms with Crippen molar-refractivity contribution in [1.82, 2.24) is 4.57 Å². The molecule has 1 N–H and O–H groups in total. The second-order valence-electron chi connectivity index (χ2n) is 5.81. The molecule has 9 heteroatoms. The lowest BCUT2D eigenvalue weighted by Gasteiger charge is -2.12. The topological polar surface area (TPSA) is 94.6 Å². The molecule has 0 spiro atoms. The molecule has 28 heavy (non-hydrogen) atoms. The van der Waals surface area contributed by atoms with Crippen molar-refractivity contribution >= 4 is 34.1 Å². The summed E-state index contributed by atoms with van der Waals surface area (Å²) in [7, 11) is 6.04. The van der Waals surface area contributed by atoms with E-state index >= 15 is 0 Å². The zero-order valence-electron chi connectivity index (χ0n) is 15.7. The van der Waals surface area contributed by atoms with E-state index in [4.69, 9.17) is 25.8 Å². The lowest BCUT2D eigenvalue weighted by Crippen LogP contribution is -2.00. The number of hydrogen-bond donors (Lipinski definition) is 1. The summed E-state index contributed by atoms with van der Waals surface area (Å²) in [5, 5.41) is 19.1. The van der Waals surface area contributed by atoms with Crippen molar-refractivity contribution < 1.29 is 24.1 Å². The molecule has 146 valence electrons. The molecular weight excluding hydrogens is 386 g/mol. The number of ether oxygens (including phenoxy) is 3. The highest BCUT2D eigenvalue weighted by Crippen LogP contribution is 2.40. The molecule has 0 saturated carbocycles. The third-order valence-corrected chi connectivity index (χ3v) is 4.49. The molecule has 0 bridgehead atoms. The van der Waals surface area contributed by atoms with Crippen LogP contribution in [0.5, 0.6) is 23.1 Å². The number of rotatable bonds is 5. The molecule has 0 aliphatic heterocycles. The van der Waals surface area contributed by atoms with Crippen molar-refractivity contribution in [2.75, 3.05) is 21.3 Å². The number of azo groups is 1. The van der Waals surface area contributed by atoms with Gasteiger partial charge in [0.25, 0.3) is 5.91 Å². The van der Waals surface area contributed by atoms with Gasteiger partial charge in [-0.15, -0.1) is 10.2 Å². The van der Waals surface area contributed by atoms with Crippen LogP contribution >= 0.6 is 11.6 Å². The number of aryl methyl sites for hydroxylation is 1. The Balaban J connectivity index is 2.02. The minimum Gasteiger partial charge on any atom is -0.493 e. The highest BCUT2D eigenvalue weighted by molar-refractivity contribution is 6.31. The first-order chi connectivity index (χ1) is 13.4. The Morgan fingerprint density at radius 3 is 2.29 bits per heavy atom. The fourth-order valence-electron chi connectivity index (χ4n) is 2.84. The van der Waals surface area contributed by atoms with Crippen molar-refractivity contribution in [3.8, 4) is 23.1 Å². The van der Waals surface area contributed by atoms with Crippen LogP contribution < -0.4 is 14.2 Å². The van der Waals surface area contributed by atoms with Crippen LogP contribution in [-0.4, -0.2) is 36.9 Å². The summed E-state index contributed by atoms with van der Waals surface area (Å²) < 4.78 is 17.2. The molecule has 1 aromatic heterocycles. The smallest absolute Gasteiger partial charge is 0.295 e. The van der Waals surface area contributed by atoms with Gasteiger partial charge in [0.2, 0.25) is 11.6 Å². The van der Waals surface area contributed by atoms with Crippen LogP contribution in [0.3, 0.4) is 0 Å². The summed E-state index contributed by atoms with van der Waals surface area (Å²) in [6, 6.07) is 8.04. The Morgan fingerprint density at radius 2 is 1.71 bits per heavy atom. The second-order valence-corrected chi connectivity index (χ2v) is 6.25. The van der Waals surface area contributed by atoms with Gasteiger partial charge < -0.3 is 23.9 Å². The SMILES string of the molecule is COc1cc(C(=O)N=Nc2c(O)n(C)c3ccc(Cl)cc23)cc(OC)c1OC. The van der Waals surface area contributed by atoms with Crippen LogP contribution in [0.2, 0.25) is 5.02 Å². The van der Waals surface area contributed by atoms with Crippen molar-refractivity contribution in [1.29, 1.82) is 0 Å². The number of aromatic hydroxyl groups is 1. The van der Waals surface area contributed by atoms with E-state index < -0.39 is 5.91 Å². The molecule has 1 amide bonds. The van der Waals surface area contributed by atoms with Crippen LogP contribution in [0.25, 0.3) is 10.9 Å². The lowest BCUT2D eigenvalue weighted by molar-refractivity contribution is 0.0994. The Kier molecular flexibility index (Phi) is 5.41. The summed E-state index contributed by atoms with van der Waals surface area (Å²) in [5.74, 6) is 0.233. The van der Waals surface area contributed by atoms with Crippen molar-refractivity contribution in [3.05, 3.63) is 40.9 Å². The Hall–Kier alpha value is -3.26. The average Bonchev–Trinajstić information content (AvgIpc) is 2.94. The number of aromatic nitrogens is 1. The normalized spacial score (nSPS) is 11.2. The number of halogens is 1. The summed E-state index contributed by atoms with van der Waals surface area (Å²) in [6.07, 6.45) is 0. The fourth-order valence-corrected chi connectivity index (χ4v) is 3.01. The summed E-state index contributed by atoms with van der Waals surface area (Å²) in [5.41, 5.74) is 1.05. The highest BCUT2D eigenvalue weighted by Gasteiger charge is 2.18. The Morgan fingerprint density at radius 1 is 1.07 bits per heavy atom. The van der Waals surface area contributed by atoms with E-state index in [-0.39, 0.29) is 17.1 Å². The number of methoxy groups -OCH3 is 3. The number of amides is 1. The molecule has 1 heterocycles. The average molecular weight is 404 g/mol. The molecule has 3 rings (SSSR count). The maximum absolute atomic E-state index is 12.5. The standard InChI is InChI=1S/C19H18ClN3O5/c1-23-13-6-5-11(20)9-12(13)16(19(23)25)21-22-18(24)10-7-14(26-2)17(28-4)15(8-10)27-3/h5-9,25H,1-4H3. The van der Waals surface area contributed by atoms with Gasteiger partial charge in [-0.3, -0.25) is 4.79 Å². The largest absolute Gasteiger partial charge is 0.493 e. The first kappa shape index (κ1) is 19.5. The van der Waals surface area contributed by atoms with Gasteiger partial charge in [-0.05, 0) is 30.3 Å². The van der Waals surface area contributed by atoms with Crippen LogP contribution in [-0.2, 0) is 7.05 Å². The van der Waals surface area contributed by atoms with Crippen LogP contribution in [0.1, 0.15) is 10.4 Å². The van der Waals surface area contributed by atoms with Crippen molar-refractivity contribution in [2.24, 2.45) is 17.3 Å². The van der Waals surface area contributed by atoms with Crippen molar-refractivity contribution in [2.45, 2.75) is 0 Å². The summed E-state index contributed by atoms with van der Waals surface area (Å²) in [6.45, 7) is 0. The lowest BCUT2D eigenvalue weighted by atomic mass is 10.1. The fraction of sp³-hybridized carbons (Fsp3) is 0.211. The van der Waals surface area contributed by atoms with Gasteiger partial charge in [0.05, 0.1) is 32.4 Å². The molecule has 0 aliphatic carbocycles. The first-order valence-electron chi connectivity index (χ1n) is 8.14. The van der Waals surface area contributed by atoms with Gasteiger partial charge in [-0.25, -0.2) is 0 Å². The minimum atomic E-state index is -0.641. The van der Waals surface area contributed by atoms with E-state index in [2.05, 4.69) is 10.2 Å². The van der Waals surface area contributed by atoms with Gasteiger partial charge in [-0.1, -0.05) is 11.6 Å². The van der Waals surface area contributed by atoms with E-state index in [9.17, 15) is 9.90 Å². The van der Waals surface area contributed by atoms with E-state index in [1.165, 1.54) is 38.0 Å². The molecule has 0 radical (unpaired) electrons. The predicted octanol–water partition coefficient (Wildman–Crippen LogP) is 4.49. The van der Waals surface area contributed by atoms with E-state index in [0.29, 0.717) is 33.2 Å². The molecular formula is C19H18ClN3O5. The number of hydrogen-bond acceptors (Lipinski definition) is 6. The van der Waals surface area contributed by atoms with Gasteiger partial charge in [0.1, 0.15) is 0 Å². The number of carbonyl (C=O) groups excluding carboxylic acids is 1. The van der Waals surface area contributed by atoms with Gasteiger partial charge in [0.15, 0.2) is 17.2 Å². The van der Waals surface area contributed by atoms with E-state index in [0.717, 1.165) is 0 Å². The number of carbonyl (C=O) groups is 1. The molecule has 0 fully saturated rings. The Bertz CT molecular complexity index is 1070. The Labute approximate surface area is 165 Å². The number of benzene rings is 2. The zero-order chi connectivity index (χ0) is 20.4. The first-order valence-corrected chi connectivity index (χ1v) is 8.52. The number of fused-ring (bicyclic) bond motifs is 1. The van der Waals surface area contributed by atoms with E-state index in [1.54, 1.807) is 25.2 Å². The molecule has 8 nitrogen and oxygen atoms in total. The number of nitrogens with zero attached hydrogens (tertiary/aromatic N) is 3. The monoisotopic (exact) mass is 403 g/mol. The minimum absolute atomic E-state index is 0.126. The highest BCUT2D eigenvalue weighted by atomic mass is 35.5. The third kappa shape index (κ3) is 3.34. The van der Waals surface area contributed by atoms with Crippen LogP contribution in [0.4, 0.5) is 5.69 Å². The molecule has 0 atom stereocenters. The molecule has 0 saturated heterocycles. The molecule has 3 aromatic rings. The van der Waals surface area contributed by atoms with Crippen LogP contribution in [0, 0.1) is 0 Å². The quantitative estimate of drug-likeness (QED) is 0.633. The predicted molar refractivity (Wildman–Crippen MR) is 105 cm³/mol. The van der Waals surface area contributed by atoms with Crippen molar-refractivity contribution in [3.63, 3.8) is 0 Å². The molecule has 2 aromatic carbocycles. The second kappa shape index (κ2) is 7.77. The van der Waals surface area contributed by atoms with Crippen LogP contribution in [0.15, 0.2) is 40.6 Å². The van der Waals surface area contributed by atoms with Gasteiger partial charge in [-0.2, -0.15) is 0 Å². The van der Waals surface area contributed by atoms with Gasteiger partial charge >= 0.3 is 0 Å². The van der Waals surface area contributed by atoms with Gasteiger partial charge in [0, 0.05) is 17.5 Å². The third-order valence-electron chi connectivity index (χ3n) is 4.26. The maximum Gasteiger partial charge on any atom is 0.295 e. The molecule has 0 aliphatic rings.